The van der Waals surface area contributed by atoms with E-state index in [9.17, 15) is 14.4 Å². The molecular formula is C17H14O6. The molecule has 1 aromatic carbocycles. The summed E-state index contributed by atoms with van der Waals surface area (Å²) in [6.45, 7) is 1.47. The Morgan fingerprint density at radius 1 is 1.09 bits per heavy atom. The van der Waals surface area contributed by atoms with Gasteiger partial charge in [0.05, 0.1) is 11.8 Å². The number of aliphatic carboxylic acids is 1. The Bertz CT molecular complexity index is 780. The lowest BCUT2D eigenvalue weighted by Crippen LogP contribution is -2.05. The van der Waals surface area contributed by atoms with E-state index >= 15 is 0 Å². The van der Waals surface area contributed by atoms with Gasteiger partial charge in [0.15, 0.2) is 11.6 Å². The Hall–Kier alpha value is -3.15. The van der Waals surface area contributed by atoms with Gasteiger partial charge in [0.25, 0.3) is 0 Å². The van der Waals surface area contributed by atoms with Crippen LogP contribution in [0.5, 0.6) is 0 Å². The molecule has 0 saturated heterocycles. The molecule has 0 bridgehead atoms. The van der Waals surface area contributed by atoms with Crippen molar-refractivity contribution in [3.8, 4) is 0 Å². The second-order valence-electron chi connectivity index (χ2n) is 4.89. The zero-order chi connectivity index (χ0) is 17.0. The van der Waals surface area contributed by atoms with Gasteiger partial charge in [0.2, 0.25) is 5.76 Å². The number of carbonyl (C=O) groups excluding carboxylic acids is 2. The molecule has 23 heavy (non-hydrogen) atoms. The lowest BCUT2D eigenvalue weighted by atomic mass is 10.0. The maximum Gasteiger partial charge on any atom is 0.371 e. The number of Topliss-reactive ketones (excluding diaryl/α,β-unsaturated/α-hetero) is 1. The topological polar surface area (TPSA) is 105 Å². The van der Waals surface area contributed by atoms with E-state index in [1.165, 1.54) is 19.3 Å². The Labute approximate surface area is 131 Å². The minimum absolute atomic E-state index is 0.0419. The summed E-state index contributed by atoms with van der Waals surface area (Å²) in [5.41, 5.74) is 1.58. The second kappa shape index (κ2) is 6.74. The average Bonchev–Trinajstić information content (AvgIpc) is 2.95. The maximum atomic E-state index is 12.0. The zero-order valence-corrected chi connectivity index (χ0v) is 12.3. The number of hydrogen-bond acceptors (Lipinski definition) is 5. The van der Waals surface area contributed by atoms with Gasteiger partial charge < -0.3 is 14.6 Å². The largest absolute Gasteiger partial charge is 0.502 e. The number of ketones is 2. The maximum absolute atomic E-state index is 12.0. The zero-order valence-electron chi connectivity index (χ0n) is 12.3. The summed E-state index contributed by atoms with van der Waals surface area (Å²) in [7, 11) is 0. The molecule has 0 aliphatic rings. The first-order chi connectivity index (χ1) is 10.9. The molecule has 0 aliphatic carbocycles. The third-order valence-corrected chi connectivity index (χ3v) is 3.22. The first-order valence-corrected chi connectivity index (χ1v) is 6.73. The molecule has 0 aliphatic heterocycles. The summed E-state index contributed by atoms with van der Waals surface area (Å²) in [4.78, 5) is 33.8. The van der Waals surface area contributed by atoms with Gasteiger partial charge >= 0.3 is 5.97 Å². The molecule has 1 heterocycles. The Kier molecular flexibility index (Phi) is 4.75. The molecule has 6 heteroatoms. The van der Waals surface area contributed by atoms with E-state index in [0.717, 1.165) is 5.56 Å². The van der Waals surface area contributed by atoms with Crippen LogP contribution in [0.2, 0.25) is 0 Å². The normalized spacial score (nSPS) is 11.3. The van der Waals surface area contributed by atoms with Gasteiger partial charge in [0, 0.05) is 18.1 Å². The molecular weight excluding hydrogens is 300 g/mol. The van der Waals surface area contributed by atoms with Crippen molar-refractivity contribution < 1.29 is 29.0 Å². The summed E-state index contributed by atoms with van der Waals surface area (Å²) < 4.78 is 5.26. The third-order valence-electron chi connectivity index (χ3n) is 3.22. The van der Waals surface area contributed by atoms with Crippen LogP contribution in [0.25, 0.3) is 0 Å². The number of aliphatic hydroxyl groups excluding tert-OH is 1. The van der Waals surface area contributed by atoms with Crippen LogP contribution in [0.15, 0.2) is 52.8 Å². The molecule has 6 nitrogen and oxygen atoms in total. The predicted molar refractivity (Wildman–Crippen MR) is 80.6 cm³/mol. The summed E-state index contributed by atoms with van der Waals surface area (Å²) in [5, 5.41) is 17.7. The van der Waals surface area contributed by atoms with E-state index in [1.807, 2.05) is 0 Å². The van der Waals surface area contributed by atoms with Gasteiger partial charge in [0.1, 0.15) is 5.76 Å². The van der Waals surface area contributed by atoms with E-state index in [-0.39, 0.29) is 11.3 Å². The standard InChI is InChI=1S/C17H14O6/c1-10(18)12-4-2-11(3-5-12)8-16-13(6-7-23-16)14(19)9-15(20)17(21)22/h2-7,9,20H,8H2,1H3,(H,21,22). The third kappa shape index (κ3) is 3.94. The van der Waals surface area contributed by atoms with Crippen LogP contribution in [0.4, 0.5) is 0 Å². The van der Waals surface area contributed by atoms with Gasteiger partial charge in [-0.3, -0.25) is 9.59 Å². The van der Waals surface area contributed by atoms with E-state index in [0.29, 0.717) is 23.8 Å². The van der Waals surface area contributed by atoms with Crippen LogP contribution in [-0.4, -0.2) is 27.7 Å². The minimum Gasteiger partial charge on any atom is -0.502 e. The summed E-state index contributed by atoms with van der Waals surface area (Å²) >= 11 is 0. The monoisotopic (exact) mass is 314 g/mol. The number of benzene rings is 1. The van der Waals surface area contributed by atoms with Crippen molar-refractivity contribution in [3.63, 3.8) is 0 Å². The highest BCUT2D eigenvalue weighted by Crippen LogP contribution is 2.18. The number of furan rings is 1. The first-order valence-electron chi connectivity index (χ1n) is 6.73. The van der Waals surface area contributed by atoms with Crippen molar-refractivity contribution in [1.29, 1.82) is 0 Å². The van der Waals surface area contributed by atoms with Crippen molar-refractivity contribution in [1.82, 2.24) is 0 Å². The predicted octanol–water partition coefficient (Wildman–Crippen LogP) is 2.78. The molecule has 2 rings (SSSR count). The number of rotatable bonds is 6. The molecule has 0 fully saturated rings. The van der Waals surface area contributed by atoms with Crippen LogP contribution in [0, 0.1) is 0 Å². The molecule has 118 valence electrons. The smallest absolute Gasteiger partial charge is 0.371 e. The van der Waals surface area contributed by atoms with Crippen LogP contribution in [0.1, 0.15) is 39.0 Å². The van der Waals surface area contributed by atoms with E-state index < -0.39 is 17.5 Å². The molecule has 0 atom stereocenters. The van der Waals surface area contributed by atoms with Crippen molar-refractivity contribution >= 4 is 17.5 Å². The average molecular weight is 314 g/mol. The second-order valence-corrected chi connectivity index (χ2v) is 4.89. The van der Waals surface area contributed by atoms with Crippen molar-refractivity contribution in [2.24, 2.45) is 0 Å². The van der Waals surface area contributed by atoms with Gasteiger partial charge in [-0.2, -0.15) is 0 Å². The number of aliphatic hydroxyl groups is 1. The van der Waals surface area contributed by atoms with Gasteiger partial charge in [-0.05, 0) is 18.6 Å². The molecule has 2 N–H and O–H groups in total. The first kappa shape index (κ1) is 16.2. The van der Waals surface area contributed by atoms with Crippen LogP contribution >= 0.6 is 0 Å². The van der Waals surface area contributed by atoms with Gasteiger partial charge in [-0.1, -0.05) is 24.3 Å². The molecule has 0 amide bonds. The molecule has 0 saturated carbocycles. The van der Waals surface area contributed by atoms with E-state index in [1.54, 1.807) is 24.3 Å². The number of carbonyl (C=O) groups is 3. The fourth-order valence-electron chi connectivity index (χ4n) is 2.00. The number of hydrogen-bond donors (Lipinski definition) is 2. The van der Waals surface area contributed by atoms with Crippen molar-refractivity contribution in [3.05, 3.63) is 70.9 Å². The Balaban J connectivity index is 2.21. The van der Waals surface area contributed by atoms with Crippen molar-refractivity contribution in [2.75, 3.05) is 0 Å². The highest BCUT2D eigenvalue weighted by Gasteiger charge is 2.16. The minimum atomic E-state index is -1.58. The van der Waals surface area contributed by atoms with Crippen LogP contribution < -0.4 is 0 Å². The molecule has 0 spiro atoms. The molecule has 0 unspecified atom stereocenters. The number of allylic oxidation sites excluding steroid dienone is 1. The lowest BCUT2D eigenvalue weighted by Gasteiger charge is -2.02. The highest BCUT2D eigenvalue weighted by molar-refractivity contribution is 6.08. The lowest BCUT2D eigenvalue weighted by molar-refractivity contribution is -0.135. The Morgan fingerprint density at radius 2 is 1.74 bits per heavy atom. The summed E-state index contributed by atoms with van der Waals surface area (Å²) in [6.07, 6.45) is 2.25. The van der Waals surface area contributed by atoms with Gasteiger partial charge in [-0.25, -0.2) is 4.79 Å². The van der Waals surface area contributed by atoms with E-state index in [2.05, 4.69) is 0 Å². The number of carboxylic acid groups (broad SMARTS) is 1. The highest BCUT2D eigenvalue weighted by atomic mass is 16.4. The number of carboxylic acids is 1. The SMILES string of the molecule is CC(=O)c1ccc(Cc2occc2C(=O)C=C(O)C(=O)O)cc1. The summed E-state index contributed by atoms with van der Waals surface area (Å²) in [6, 6.07) is 8.26. The molecule has 0 radical (unpaired) electrons. The summed E-state index contributed by atoms with van der Waals surface area (Å²) in [5.74, 6) is -2.97. The van der Waals surface area contributed by atoms with E-state index in [4.69, 9.17) is 14.6 Å². The molecule has 2 aromatic rings. The van der Waals surface area contributed by atoms with Crippen LogP contribution in [0.3, 0.4) is 0 Å². The van der Waals surface area contributed by atoms with Crippen molar-refractivity contribution in [2.45, 2.75) is 13.3 Å². The Morgan fingerprint density at radius 3 is 2.30 bits per heavy atom. The van der Waals surface area contributed by atoms with Gasteiger partial charge in [-0.15, -0.1) is 0 Å². The van der Waals surface area contributed by atoms with Crippen LogP contribution in [-0.2, 0) is 11.2 Å². The fraction of sp³-hybridized carbons (Fsp3) is 0.118. The fourth-order valence-corrected chi connectivity index (χ4v) is 2.00. The molecule has 1 aromatic heterocycles. The quantitative estimate of drug-likeness (QED) is 0.482.